The first kappa shape index (κ1) is 21.2. The van der Waals surface area contributed by atoms with Crippen LogP contribution in [-0.4, -0.2) is 13.6 Å². The Balaban J connectivity index is 1.86. The number of benzene rings is 3. The molecule has 2 N–H and O–H groups in total. The smallest absolute Gasteiger partial charge is 0.233 e. The van der Waals surface area contributed by atoms with Crippen molar-refractivity contribution in [3.05, 3.63) is 99.4 Å². The molecule has 0 unspecified atom stereocenters. The van der Waals surface area contributed by atoms with E-state index in [2.05, 4.69) is 5.32 Å². The molecular formula is C23H20ClN5S2. The van der Waals surface area contributed by atoms with Crippen molar-refractivity contribution in [1.82, 2.24) is 8.52 Å². The van der Waals surface area contributed by atoms with Crippen LogP contribution in [0.2, 0.25) is 5.02 Å². The van der Waals surface area contributed by atoms with Crippen molar-refractivity contribution in [3.8, 4) is 5.69 Å². The molecule has 0 radical (unpaired) electrons. The topological polar surface area (TPSA) is 58.1 Å². The molecule has 0 fully saturated rings. The van der Waals surface area contributed by atoms with E-state index in [0.717, 1.165) is 28.2 Å². The van der Waals surface area contributed by atoms with Crippen molar-refractivity contribution in [1.29, 1.82) is 5.41 Å². The zero-order valence-electron chi connectivity index (χ0n) is 17.0. The van der Waals surface area contributed by atoms with Gasteiger partial charge < -0.3 is 5.32 Å². The Morgan fingerprint density at radius 2 is 1.52 bits per heavy atom. The average molecular weight is 466 g/mol. The third-order valence-electron chi connectivity index (χ3n) is 4.60. The lowest BCUT2D eigenvalue weighted by Gasteiger charge is -2.09. The molecule has 0 amide bonds. The number of aromatic nitrogens is 2. The van der Waals surface area contributed by atoms with Gasteiger partial charge in [-0.3, -0.25) is 9.98 Å². The van der Waals surface area contributed by atoms with Crippen molar-refractivity contribution in [2.75, 3.05) is 5.32 Å². The van der Waals surface area contributed by atoms with Crippen LogP contribution >= 0.6 is 35.4 Å². The van der Waals surface area contributed by atoms with Gasteiger partial charge in [0.05, 0.1) is 11.4 Å². The van der Waals surface area contributed by atoms with E-state index in [1.54, 1.807) is 20.7 Å². The van der Waals surface area contributed by atoms with Crippen LogP contribution in [0.15, 0.2) is 77.8 Å². The number of anilines is 1. The summed E-state index contributed by atoms with van der Waals surface area (Å²) in [6.07, 6.45) is 0. The minimum absolute atomic E-state index is 0.315. The second kappa shape index (κ2) is 9.01. The number of hydrogen-bond acceptors (Lipinski definition) is 4. The zero-order valence-corrected chi connectivity index (χ0v) is 19.4. The Labute approximate surface area is 194 Å². The summed E-state index contributed by atoms with van der Waals surface area (Å²) in [5, 5.41) is 12.9. The standard InChI is InChI=1S/C23H20ClN5S2/c1-15-3-9-18(10-4-15)26-22-28(20-13-5-16(2)6-14-20)21(25)31-29(22)23(30)27-19-11-7-17(24)8-12-19/h3-14,25H,1-2H3,(H,27,30). The monoisotopic (exact) mass is 465 g/mol. The summed E-state index contributed by atoms with van der Waals surface area (Å²) >= 11 is 12.9. The lowest BCUT2D eigenvalue weighted by Crippen LogP contribution is -2.33. The Kier molecular flexibility index (Phi) is 6.18. The van der Waals surface area contributed by atoms with Crippen LogP contribution in [0.4, 0.5) is 11.4 Å². The Morgan fingerprint density at radius 3 is 2.13 bits per heavy atom. The van der Waals surface area contributed by atoms with E-state index >= 15 is 0 Å². The van der Waals surface area contributed by atoms with Crippen LogP contribution in [0.25, 0.3) is 5.69 Å². The fourth-order valence-corrected chi connectivity index (χ4v) is 4.16. The van der Waals surface area contributed by atoms with E-state index in [4.69, 9.17) is 34.2 Å². The quantitative estimate of drug-likeness (QED) is 0.389. The van der Waals surface area contributed by atoms with E-state index in [-0.39, 0.29) is 0 Å². The zero-order chi connectivity index (χ0) is 22.0. The second-order valence-electron chi connectivity index (χ2n) is 7.05. The highest BCUT2D eigenvalue weighted by molar-refractivity contribution is 7.80. The molecule has 5 nitrogen and oxygen atoms in total. The third kappa shape index (κ3) is 4.85. The lowest BCUT2D eigenvalue weighted by atomic mass is 10.2. The van der Waals surface area contributed by atoms with E-state index in [1.807, 2.05) is 74.5 Å². The minimum atomic E-state index is 0.315. The average Bonchev–Trinajstić information content (AvgIpc) is 3.08. The third-order valence-corrected chi connectivity index (χ3v) is 6.13. The van der Waals surface area contributed by atoms with Gasteiger partial charge in [0, 0.05) is 10.7 Å². The molecule has 31 heavy (non-hydrogen) atoms. The van der Waals surface area contributed by atoms with E-state index in [1.165, 1.54) is 11.5 Å². The minimum Gasteiger partial charge on any atom is -0.331 e. The first-order valence-corrected chi connectivity index (χ1v) is 11.1. The predicted molar refractivity (Wildman–Crippen MR) is 132 cm³/mol. The molecule has 1 heterocycles. The maximum atomic E-state index is 8.62. The number of rotatable bonds is 3. The molecular weight excluding hydrogens is 446 g/mol. The Hall–Kier alpha value is -3.00. The molecule has 4 rings (SSSR count). The predicted octanol–water partition coefficient (Wildman–Crippen LogP) is 5.57. The highest BCUT2D eigenvalue weighted by atomic mass is 35.5. The van der Waals surface area contributed by atoms with Crippen molar-refractivity contribution >= 4 is 51.8 Å². The van der Waals surface area contributed by atoms with Gasteiger partial charge in [0.25, 0.3) is 0 Å². The fraction of sp³-hybridized carbons (Fsp3) is 0.0870. The van der Waals surface area contributed by atoms with Crippen molar-refractivity contribution in [3.63, 3.8) is 0 Å². The Morgan fingerprint density at radius 1 is 0.935 bits per heavy atom. The molecule has 8 heteroatoms. The van der Waals surface area contributed by atoms with Gasteiger partial charge in [0.15, 0.2) is 5.11 Å². The molecule has 4 aromatic rings. The molecule has 0 saturated carbocycles. The van der Waals surface area contributed by atoms with Crippen molar-refractivity contribution in [2.24, 2.45) is 4.99 Å². The summed E-state index contributed by atoms with van der Waals surface area (Å²) in [7, 11) is 0. The van der Waals surface area contributed by atoms with Gasteiger partial charge in [-0.25, -0.2) is 8.95 Å². The normalized spacial score (nSPS) is 11.5. The van der Waals surface area contributed by atoms with Gasteiger partial charge in [-0.2, -0.15) is 0 Å². The number of nitrogens with zero attached hydrogens (tertiary/aromatic N) is 3. The summed E-state index contributed by atoms with van der Waals surface area (Å²) in [5.74, 6) is 0. The van der Waals surface area contributed by atoms with Crippen molar-refractivity contribution < 1.29 is 0 Å². The lowest BCUT2D eigenvalue weighted by molar-refractivity contribution is 0.859. The van der Waals surface area contributed by atoms with Gasteiger partial charge >= 0.3 is 0 Å². The Bertz CT molecular complexity index is 1350. The number of hydrogen-bond donors (Lipinski definition) is 2. The maximum absolute atomic E-state index is 8.62. The summed E-state index contributed by atoms with van der Waals surface area (Å²) in [4.78, 5) is 5.16. The van der Waals surface area contributed by atoms with Gasteiger partial charge in [-0.15, -0.1) is 0 Å². The van der Waals surface area contributed by atoms with Gasteiger partial charge in [0.2, 0.25) is 10.4 Å². The van der Waals surface area contributed by atoms with Crippen LogP contribution in [-0.2, 0) is 0 Å². The molecule has 0 atom stereocenters. The summed E-state index contributed by atoms with van der Waals surface area (Å²) in [6, 6.07) is 23.2. The molecule has 0 aliphatic carbocycles. The van der Waals surface area contributed by atoms with Crippen LogP contribution in [0.1, 0.15) is 11.1 Å². The molecule has 0 bridgehead atoms. The van der Waals surface area contributed by atoms with Crippen LogP contribution < -0.4 is 15.7 Å². The van der Waals surface area contributed by atoms with Crippen LogP contribution in [0.5, 0.6) is 0 Å². The fourth-order valence-electron chi connectivity index (χ4n) is 2.95. The van der Waals surface area contributed by atoms with Gasteiger partial charge in [-0.05, 0) is 86.1 Å². The highest BCUT2D eigenvalue weighted by Gasteiger charge is 2.13. The number of nitrogens with one attached hydrogen (secondary N) is 2. The van der Waals surface area contributed by atoms with Gasteiger partial charge in [-0.1, -0.05) is 47.0 Å². The van der Waals surface area contributed by atoms with Crippen LogP contribution in [0.3, 0.4) is 0 Å². The summed E-state index contributed by atoms with van der Waals surface area (Å²) in [6.45, 7) is 4.07. The molecule has 0 aliphatic heterocycles. The molecule has 1 aromatic heterocycles. The maximum Gasteiger partial charge on any atom is 0.233 e. The number of aryl methyl sites for hydroxylation is 2. The number of thiocarbonyl (C=S) groups is 1. The summed E-state index contributed by atoms with van der Waals surface area (Å²) < 4.78 is 3.55. The summed E-state index contributed by atoms with van der Waals surface area (Å²) in [5.41, 5.74) is 5.30. The molecule has 0 aliphatic rings. The molecule has 0 saturated heterocycles. The molecule has 0 spiro atoms. The highest BCUT2D eigenvalue weighted by Crippen LogP contribution is 2.15. The largest absolute Gasteiger partial charge is 0.331 e. The first-order chi connectivity index (χ1) is 14.9. The van der Waals surface area contributed by atoms with E-state index in [0.29, 0.717) is 20.6 Å². The second-order valence-corrected chi connectivity index (χ2v) is 8.80. The molecule has 156 valence electrons. The van der Waals surface area contributed by atoms with Crippen molar-refractivity contribution in [2.45, 2.75) is 13.8 Å². The molecule has 3 aromatic carbocycles. The van der Waals surface area contributed by atoms with Crippen LogP contribution in [0, 0.1) is 19.3 Å². The van der Waals surface area contributed by atoms with E-state index < -0.39 is 0 Å². The SMILES string of the molecule is Cc1ccc(N=c2n(C(=S)Nc3ccc(Cl)cc3)sc(=N)n2-c2ccc(C)cc2)cc1. The first-order valence-electron chi connectivity index (χ1n) is 9.56. The van der Waals surface area contributed by atoms with Gasteiger partial charge in [0.1, 0.15) is 0 Å². The number of halogens is 1. The van der Waals surface area contributed by atoms with E-state index in [9.17, 15) is 0 Å².